The molecular formula is C23H45NO4. The summed E-state index contributed by atoms with van der Waals surface area (Å²) >= 11 is 0. The molecule has 1 N–H and O–H groups in total. The Morgan fingerprint density at radius 3 is 1.43 bits per heavy atom. The van der Waals surface area contributed by atoms with Crippen LogP contribution in [-0.2, 0) is 14.3 Å². The molecule has 0 aromatic rings. The average Bonchev–Trinajstić information content (AvgIpc) is 2.69. The van der Waals surface area contributed by atoms with Crippen molar-refractivity contribution in [2.75, 3.05) is 19.8 Å². The van der Waals surface area contributed by atoms with Gasteiger partial charge in [0.2, 0.25) is 0 Å². The van der Waals surface area contributed by atoms with Gasteiger partial charge in [-0.15, -0.1) is 0 Å². The molecule has 0 saturated carbocycles. The molecule has 0 fully saturated rings. The van der Waals surface area contributed by atoms with Gasteiger partial charge in [-0.3, -0.25) is 4.79 Å². The summed E-state index contributed by atoms with van der Waals surface area (Å²) in [6, 6.07) is 0. The van der Waals surface area contributed by atoms with E-state index < -0.39 is 12.1 Å². The van der Waals surface area contributed by atoms with Gasteiger partial charge in [0.1, 0.15) is 6.54 Å². The third-order valence-corrected chi connectivity index (χ3v) is 4.87. The Kier molecular flexibility index (Phi) is 21.0. The van der Waals surface area contributed by atoms with Crippen molar-refractivity contribution in [1.29, 1.82) is 0 Å². The first kappa shape index (κ1) is 26.7. The van der Waals surface area contributed by atoms with Crippen LogP contribution >= 0.6 is 0 Å². The molecule has 0 rings (SSSR count). The lowest BCUT2D eigenvalue weighted by molar-refractivity contribution is -0.142. The number of ether oxygens (including phenoxy) is 2. The van der Waals surface area contributed by atoms with Crippen molar-refractivity contribution in [2.24, 2.45) is 0 Å². The van der Waals surface area contributed by atoms with Gasteiger partial charge >= 0.3 is 12.1 Å². The Morgan fingerprint density at radius 2 is 0.964 bits per heavy atom. The standard InChI is InChI=1S/C23H45NO4/c1-3-5-7-9-11-13-15-17-19-27-22(25)21-24-23(26)28-20-18-16-14-12-10-8-6-4-2/h3-21H2,1-2H3,(H,24,26). The molecule has 0 heterocycles. The topological polar surface area (TPSA) is 64.6 Å². The summed E-state index contributed by atoms with van der Waals surface area (Å²) in [7, 11) is 0. The monoisotopic (exact) mass is 399 g/mol. The zero-order valence-corrected chi connectivity index (χ0v) is 18.6. The third kappa shape index (κ3) is 21.0. The second kappa shape index (κ2) is 22.0. The van der Waals surface area contributed by atoms with Gasteiger partial charge in [-0.1, -0.05) is 104 Å². The van der Waals surface area contributed by atoms with E-state index >= 15 is 0 Å². The highest BCUT2D eigenvalue weighted by atomic mass is 16.6. The van der Waals surface area contributed by atoms with Crippen LogP contribution < -0.4 is 5.32 Å². The van der Waals surface area contributed by atoms with Crippen molar-refractivity contribution in [1.82, 2.24) is 5.32 Å². The summed E-state index contributed by atoms with van der Waals surface area (Å²) in [5.41, 5.74) is 0. The van der Waals surface area contributed by atoms with Crippen LogP contribution in [0, 0.1) is 0 Å². The molecule has 0 atom stereocenters. The second-order valence-electron chi connectivity index (χ2n) is 7.66. The van der Waals surface area contributed by atoms with E-state index in [1.165, 1.54) is 77.0 Å². The average molecular weight is 400 g/mol. The summed E-state index contributed by atoms with van der Waals surface area (Å²) in [6.07, 6.45) is 18.8. The fraction of sp³-hybridized carbons (Fsp3) is 0.913. The molecular weight excluding hydrogens is 354 g/mol. The number of alkyl carbamates (subject to hydrolysis) is 1. The Hall–Kier alpha value is -1.26. The summed E-state index contributed by atoms with van der Waals surface area (Å²) in [4.78, 5) is 23.1. The number of esters is 1. The first-order valence-corrected chi connectivity index (χ1v) is 11.8. The van der Waals surface area contributed by atoms with Gasteiger partial charge in [0.05, 0.1) is 13.2 Å². The lowest BCUT2D eigenvalue weighted by Crippen LogP contribution is -2.31. The fourth-order valence-electron chi connectivity index (χ4n) is 3.07. The van der Waals surface area contributed by atoms with Crippen LogP contribution in [0.4, 0.5) is 4.79 Å². The lowest BCUT2D eigenvalue weighted by atomic mass is 10.1. The molecule has 0 spiro atoms. The Morgan fingerprint density at radius 1 is 0.571 bits per heavy atom. The van der Waals surface area contributed by atoms with Gasteiger partial charge in [-0.25, -0.2) is 4.79 Å². The predicted octanol–water partition coefficient (Wildman–Crippen LogP) is 6.54. The number of rotatable bonds is 20. The lowest BCUT2D eigenvalue weighted by Gasteiger charge is -2.08. The fourth-order valence-corrected chi connectivity index (χ4v) is 3.07. The van der Waals surface area contributed by atoms with Gasteiger partial charge < -0.3 is 14.8 Å². The van der Waals surface area contributed by atoms with Crippen LogP contribution in [0.1, 0.15) is 117 Å². The van der Waals surface area contributed by atoms with Crippen LogP contribution in [0.15, 0.2) is 0 Å². The van der Waals surface area contributed by atoms with Crippen molar-refractivity contribution in [3.8, 4) is 0 Å². The molecule has 5 heteroatoms. The number of carbonyl (C=O) groups is 2. The first-order valence-electron chi connectivity index (χ1n) is 11.8. The largest absolute Gasteiger partial charge is 0.464 e. The van der Waals surface area contributed by atoms with E-state index in [1.807, 2.05) is 0 Å². The highest BCUT2D eigenvalue weighted by Crippen LogP contribution is 2.09. The molecule has 0 aliphatic rings. The van der Waals surface area contributed by atoms with E-state index in [-0.39, 0.29) is 6.54 Å². The number of nitrogens with one attached hydrogen (secondary N) is 1. The molecule has 0 aromatic carbocycles. The van der Waals surface area contributed by atoms with Gasteiger partial charge in [-0.2, -0.15) is 0 Å². The molecule has 0 aromatic heterocycles. The van der Waals surface area contributed by atoms with E-state index in [1.54, 1.807) is 0 Å². The second-order valence-corrected chi connectivity index (χ2v) is 7.66. The number of hydrogen-bond acceptors (Lipinski definition) is 4. The SMILES string of the molecule is CCCCCCCCCCOC(=O)CNC(=O)OCCCCCCCCCC. The van der Waals surface area contributed by atoms with Crippen LogP contribution in [0.5, 0.6) is 0 Å². The minimum atomic E-state index is -0.535. The minimum Gasteiger partial charge on any atom is -0.464 e. The normalized spacial score (nSPS) is 10.6. The first-order chi connectivity index (χ1) is 13.7. The van der Waals surface area contributed by atoms with E-state index in [4.69, 9.17) is 9.47 Å². The van der Waals surface area contributed by atoms with Crippen molar-refractivity contribution in [3.63, 3.8) is 0 Å². The summed E-state index contributed by atoms with van der Waals surface area (Å²) in [5.74, 6) is -0.396. The summed E-state index contributed by atoms with van der Waals surface area (Å²) in [6.45, 7) is 5.17. The molecule has 0 unspecified atom stereocenters. The maximum atomic E-state index is 11.6. The number of unbranched alkanes of at least 4 members (excludes halogenated alkanes) is 14. The maximum Gasteiger partial charge on any atom is 0.407 e. The molecule has 0 bridgehead atoms. The smallest absolute Gasteiger partial charge is 0.407 e. The summed E-state index contributed by atoms with van der Waals surface area (Å²) in [5, 5.41) is 2.45. The molecule has 0 radical (unpaired) electrons. The van der Waals surface area contributed by atoms with Crippen molar-refractivity contribution in [3.05, 3.63) is 0 Å². The van der Waals surface area contributed by atoms with Crippen molar-refractivity contribution >= 4 is 12.1 Å². The van der Waals surface area contributed by atoms with Crippen LogP contribution in [0.25, 0.3) is 0 Å². The van der Waals surface area contributed by atoms with Gasteiger partial charge in [0, 0.05) is 0 Å². The van der Waals surface area contributed by atoms with Crippen LogP contribution in [0.2, 0.25) is 0 Å². The highest BCUT2D eigenvalue weighted by Gasteiger charge is 2.07. The summed E-state index contributed by atoms with van der Waals surface area (Å²) < 4.78 is 10.2. The van der Waals surface area contributed by atoms with Gasteiger partial charge in [0.15, 0.2) is 0 Å². The molecule has 1 amide bonds. The molecule has 5 nitrogen and oxygen atoms in total. The van der Waals surface area contributed by atoms with E-state index in [0.717, 1.165) is 25.7 Å². The van der Waals surface area contributed by atoms with E-state index in [0.29, 0.717) is 13.2 Å². The number of amides is 1. The maximum absolute atomic E-state index is 11.6. The molecule has 0 aliphatic heterocycles. The molecule has 28 heavy (non-hydrogen) atoms. The highest BCUT2D eigenvalue weighted by molar-refractivity contribution is 5.77. The van der Waals surface area contributed by atoms with Crippen molar-refractivity contribution < 1.29 is 19.1 Å². The molecule has 0 saturated heterocycles. The van der Waals surface area contributed by atoms with E-state index in [9.17, 15) is 9.59 Å². The number of carbonyl (C=O) groups excluding carboxylic acids is 2. The zero-order chi connectivity index (χ0) is 20.7. The predicted molar refractivity (Wildman–Crippen MR) is 116 cm³/mol. The Labute approximate surface area is 173 Å². The van der Waals surface area contributed by atoms with Gasteiger partial charge in [-0.05, 0) is 12.8 Å². The molecule has 0 aliphatic carbocycles. The quantitative estimate of drug-likeness (QED) is 0.186. The molecule has 166 valence electrons. The van der Waals surface area contributed by atoms with Crippen LogP contribution in [0.3, 0.4) is 0 Å². The number of hydrogen-bond donors (Lipinski definition) is 1. The Balaban J connectivity index is 3.32. The minimum absolute atomic E-state index is 0.118. The third-order valence-electron chi connectivity index (χ3n) is 4.87. The van der Waals surface area contributed by atoms with Gasteiger partial charge in [0.25, 0.3) is 0 Å². The zero-order valence-electron chi connectivity index (χ0n) is 18.6. The Bertz CT molecular complexity index is 327. The van der Waals surface area contributed by atoms with Crippen molar-refractivity contribution in [2.45, 2.75) is 117 Å². The van der Waals surface area contributed by atoms with Crippen LogP contribution in [-0.4, -0.2) is 31.8 Å². The van der Waals surface area contributed by atoms with E-state index in [2.05, 4.69) is 19.2 Å².